The van der Waals surface area contributed by atoms with Crippen LogP contribution >= 0.6 is 11.8 Å². The second-order valence-corrected chi connectivity index (χ2v) is 4.92. The Kier molecular flexibility index (Phi) is 5.38. The highest BCUT2D eigenvalue weighted by atomic mass is 32.2. The van der Waals surface area contributed by atoms with Crippen molar-refractivity contribution in [2.24, 2.45) is 0 Å². The Hall–Kier alpha value is -2.29. The molecule has 0 atom stereocenters. The molecule has 1 N–H and O–H groups in total. The summed E-state index contributed by atoms with van der Waals surface area (Å²) in [5.41, 5.74) is 0. The maximum Gasteiger partial charge on any atom is 0.325 e. The van der Waals surface area contributed by atoms with Gasteiger partial charge < -0.3 is 14.6 Å². The minimum Gasteiger partial charge on any atom is -0.493 e. The van der Waals surface area contributed by atoms with Crippen LogP contribution < -0.4 is 9.47 Å². The van der Waals surface area contributed by atoms with Crippen molar-refractivity contribution in [3.8, 4) is 11.5 Å². The predicted molar refractivity (Wildman–Crippen MR) is 74.7 cm³/mol. The number of aliphatic carboxylic acids is 1. The molecule has 0 saturated carbocycles. The van der Waals surface area contributed by atoms with Gasteiger partial charge in [-0.15, -0.1) is 5.10 Å². The molecule has 2 rings (SSSR count). The number of methoxy groups -OCH3 is 1. The number of carboxylic acid groups (broad SMARTS) is 1. The zero-order valence-corrected chi connectivity index (χ0v) is 12.1. The van der Waals surface area contributed by atoms with Gasteiger partial charge in [-0.2, -0.15) is 0 Å². The second-order valence-electron chi connectivity index (χ2n) is 3.86. The Morgan fingerprint density at radius 1 is 1.38 bits per heavy atom. The minimum absolute atomic E-state index is 0.261. The van der Waals surface area contributed by atoms with Crippen molar-refractivity contribution < 1.29 is 19.4 Å². The molecule has 0 aliphatic heterocycles. The molecule has 0 spiro atoms. The molecule has 1 aromatic carbocycles. The fraction of sp³-hybridized carbons (Fsp3) is 0.333. The average Bonchev–Trinajstić information content (AvgIpc) is 2.90. The van der Waals surface area contributed by atoms with Gasteiger partial charge in [0.25, 0.3) is 0 Å². The molecule has 0 aliphatic carbocycles. The van der Waals surface area contributed by atoms with Gasteiger partial charge in [-0.1, -0.05) is 23.9 Å². The highest BCUT2D eigenvalue weighted by Crippen LogP contribution is 2.26. The first-order valence-electron chi connectivity index (χ1n) is 6.07. The van der Waals surface area contributed by atoms with Crippen molar-refractivity contribution in [3.63, 3.8) is 0 Å². The van der Waals surface area contributed by atoms with Crippen LogP contribution in [0.15, 0.2) is 29.4 Å². The molecule has 21 heavy (non-hydrogen) atoms. The van der Waals surface area contributed by atoms with Crippen molar-refractivity contribution in [1.82, 2.24) is 20.2 Å². The molecule has 0 amide bonds. The third-order valence-corrected chi connectivity index (χ3v) is 3.35. The lowest BCUT2D eigenvalue weighted by Crippen LogP contribution is -2.12. The molecule has 0 radical (unpaired) electrons. The number of hydrogen-bond acceptors (Lipinski definition) is 7. The Morgan fingerprint density at radius 2 is 2.14 bits per heavy atom. The standard InChI is InChI=1S/C12H14N4O4S/c1-19-9-4-2-3-5-10(9)20-6-7-21-12-13-14-15-16(12)8-11(17)18/h2-5H,6-8H2,1H3,(H,17,18). The maximum absolute atomic E-state index is 10.6. The molecule has 0 aliphatic rings. The van der Waals surface area contributed by atoms with Gasteiger partial charge in [0, 0.05) is 5.75 Å². The summed E-state index contributed by atoms with van der Waals surface area (Å²) in [6, 6.07) is 7.35. The van der Waals surface area contributed by atoms with Crippen LogP contribution in [0.4, 0.5) is 0 Å². The van der Waals surface area contributed by atoms with Gasteiger partial charge in [0.05, 0.1) is 13.7 Å². The number of carboxylic acids is 1. The Balaban J connectivity index is 1.82. The van der Waals surface area contributed by atoms with Crippen LogP contribution in [-0.4, -0.2) is 50.8 Å². The van der Waals surface area contributed by atoms with Gasteiger partial charge in [0.1, 0.15) is 6.54 Å². The number of thioether (sulfide) groups is 1. The lowest BCUT2D eigenvalue weighted by atomic mass is 10.3. The van der Waals surface area contributed by atoms with E-state index in [2.05, 4.69) is 15.5 Å². The number of hydrogen-bond donors (Lipinski definition) is 1. The normalized spacial score (nSPS) is 10.3. The summed E-state index contributed by atoms with van der Waals surface area (Å²) in [7, 11) is 1.58. The number of ether oxygens (including phenoxy) is 2. The number of rotatable bonds is 8. The largest absolute Gasteiger partial charge is 0.493 e. The van der Waals surface area contributed by atoms with E-state index in [9.17, 15) is 4.79 Å². The fourth-order valence-corrected chi connectivity index (χ4v) is 2.24. The first-order valence-corrected chi connectivity index (χ1v) is 7.06. The van der Waals surface area contributed by atoms with Gasteiger partial charge in [0.15, 0.2) is 11.5 Å². The third kappa shape index (κ3) is 4.35. The number of carbonyl (C=O) groups is 1. The molecule has 0 unspecified atom stereocenters. The van der Waals surface area contributed by atoms with Gasteiger partial charge in [-0.3, -0.25) is 4.79 Å². The summed E-state index contributed by atoms with van der Waals surface area (Å²) < 4.78 is 12.0. The third-order valence-electron chi connectivity index (χ3n) is 2.43. The first-order chi connectivity index (χ1) is 10.2. The minimum atomic E-state index is -0.991. The maximum atomic E-state index is 10.6. The second kappa shape index (κ2) is 7.48. The number of benzene rings is 1. The first kappa shape index (κ1) is 15.1. The van der Waals surface area contributed by atoms with Crippen LogP contribution in [0.5, 0.6) is 11.5 Å². The molecule has 9 heteroatoms. The van der Waals surface area contributed by atoms with Gasteiger partial charge in [-0.05, 0) is 22.6 Å². The monoisotopic (exact) mass is 310 g/mol. The van der Waals surface area contributed by atoms with Crippen molar-refractivity contribution in [2.75, 3.05) is 19.5 Å². The van der Waals surface area contributed by atoms with Crippen LogP contribution in [0.25, 0.3) is 0 Å². The van der Waals surface area contributed by atoms with Gasteiger partial charge in [-0.25, -0.2) is 4.68 Å². The highest BCUT2D eigenvalue weighted by Gasteiger charge is 2.10. The van der Waals surface area contributed by atoms with Crippen molar-refractivity contribution in [1.29, 1.82) is 0 Å². The summed E-state index contributed by atoms with van der Waals surface area (Å²) in [6.07, 6.45) is 0. The smallest absolute Gasteiger partial charge is 0.325 e. The number of para-hydroxylation sites is 2. The Bertz CT molecular complexity index is 604. The molecule has 112 valence electrons. The topological polar surface area (TPSA) is 99.4 Å². The molecule has 0 fully saturated rings. The molecule has 2 aromatic rings. The summed E-state index contributed by atoms with van der Waals surface area (Å²) in [6.45, 7) is 0.160. The zero-order valence-electron chi connectivity index (χ0n) is 11.3. The molecule has 0 saturated heterocycles. The molecule has 8 nitrogen and oxygen atoms in total. The number of tetrazole rings is 1. The Labute approximate surface area is 125 Å². The van der Waals surface area contributed by atoms with Crippen LogP contribution in [0.2, 0.25) is 0 Å². The molecular weight excluding hydrogens is 296 g/mol. The number of nitrogens with zero attached hydrogens (tertiary/aromatic N) is 4. The van der Waals surface area contributed by atoms with E-state index in [4.69, 9.17) is 14.6 Å². The quantitative estimate of drug-likeness (QED) is 0.568. The summed E-state index contributed by atoms with van der Waals surface area (Å²) in [5, 5.41) is 20.0. The number of aromatic nitrogens is 4. The molecule has 1 heterocycles. The predicted octanol–water partition coefficient (Wildman–Crippen LogP) is 0.937. The van der Waals surface area contributed by atoms with Crippen molar-refractivity contribution in [2.45, 2.75) is 11.7 Å². The van der Waals surface area contributed by atoms with Crippen LogP contribution in [0.3, 0.4) is 0 Å². The van der Waals surface area contributed by atoms with E-state index >= 15 is 0 Å². The van der Waals surface area contributed by atoms with E-state index in [1.165, 1.54) is 16.4 Å². The molecular formula is C12H14N4O4S. The molecule has 0 bridgehead atoms. The summed E-state index contributed by atoms with van der Waals surface area (Å²) in [5.74, 6) is 0.913. The van der Waals surface area contributed by atoms with E-state index < -0.39 is 5.97 Å². The zero-order chi connectivity index (χ0) is 15.1. The SMILES string of the molecule is COc1ccccc1OCCSc1nnnn1CC(=O)O. The van der Waals surface area contributed by atoms with Gasteiger partial charge in [0.2, 0.25) is 5.16 Å². The fourth-order valence-electron chi connectivity index (χ4n) is 1.55. The van der Waals surface area contributed by atoms with E-state index in [1.807, 2.05) is 24.3 Å². The van der Waals surface area contributed by atoms with Gasteiger partial charge >= 0.3 is 5.97 Å². The van der Waals surface area contributed by atoms with Crippen LogP contribution in [-0.2, 0) is 11.3 Å². The highest BCUT2D eigenvalue weighted by molar-refractivity contribution is 7.99. The van der Waals surface area contributed by atoms with E-state index in [0.29, 0.717) is 29.0 Å². The lowest BCUT2D eigenvalue weighted by molar-refractivity contribution is -0.138. The van der Waals surface area contributed by atoms with Crippen molar-refractivity contribution in [3.05, 3.63) is 24.3 Å². The Morgan fingerprint density at radius 3 is 2.86 bits per heavy atom. The average molecular weight is 310 g/mol. The summed E-state index contributed by atoms with van der Waals surface area (Å²) >= 11 is 1.33. The van der Waals surface area contributed by atoms with E-state index in [-0.39, 0.29) is 6.54 Å². The summed E-state index contributed by atoms with van der Waals surface area (Å²) in [4.78, 5) is 10.6. The molecule has 1 aromatic heterocycles. The van der Waals surface area contributed by atoms with Crippen LogP contribution in [0, 0.1) is 0 Å². The van der Waals surface area contributed by atoms with E-state index in [0.717, 1.165) is 0 Å². The van der Waals surface area contributed by atoms with Crippen LogP contribution in [0.1, 0.15) is 0 Å². The lowest BCUT2D eigenvalue weighted by Gasteiger charge is -2.09. The van der Waals surface area contributed by atoms with Crippen molar-refractivity contribution >= 4 is 17.7 Å². The van der Waals surface area contributed by atoms with E-state index in [1.54, 1.807) is 7.11 Å².